The van der Waals surface area contributed by atoms with Crippen molar-refractivity contribution in [3.05, 3.63) is 59.2 Å². The van der Waals surface area contributed by atoms with Crippen LogP contribution in [-0.2, 0) is 14.8 Å². The summed E-state index contributed by atoms with van der Waals surface area (Å²) in [5, 5.41) is 2.99. The minimum atomic E-state index is -3.69. The number of amides is 1. The Hall–Kier alpha value is -2.55. The summed E-state index contributed by atoms with van der Waals surface area (Å²) in [6.07, 6.45) is 0. The number of anilines is 1. The van der Waals surface area contributed by atoms with Crippen LogP contribution in [0.15, 0.2) is 47.4 Å². The van der Waals surface area contributed by atoms with Crippen LogP contribution in [0.25, 0.3) is 0 Å². The first-order chi connectivity index (χ1) is 14.6. The zero-order valence-corrected chi connectivity index (χ0v) is 19.2. The van der Waals surface area contributed by atoms with Gasteiger partial charge in [-0.3, -0.25) is 14.5 Å². The van der Waals surface area contributed by atoms with Crippen LogP contribution in [0, 0.1) is 13.8 Å². The third kappa shape index (κ3) is 5.20. The lowest BCUT2D eigenvalue weighted by molar-refractivity contribution is -0.121. The Bertz CT molecular complexity index is 1090. The third-order valence-electron chi connectivity index (χ3n) is 5.73. The fraction of sp³-hybridized carbons (Fsp3) is 0.391. The molecule has 1 N–H and O–H groups in total. The Balaban J connectivity index is 1.64. The maximum absolute atomic E-state index is 13.0. The van der Waals surface area contributed by atoms with Gasteiger partial charge in [-0.25, -0.2) is 8.42 Å². The topological polar surface area (TPSA) is 86.8 Å². The molecule has 0 aromatic heterocycles. The lowest BCUT2D eigenvalue weighted by atomic mass is 10.1. The molecule has 0 unspecified atom stereocenters. The molecular weight excluding hydrogens is 414 g/mol. The molecule has 0 spiro atoms. The molecule has 1 amide bonds. The van der Waals surface area contributed by atoms with Crippen molar-refractivity contribution in [2.75, 3.05) is 31.5 Å². The fourth-order valence-corrected chi connectivity index (χ4v) is 5.10. The average molecular weight is 444 g/mol. The monoisotopic (exact) mass is 443 g/mol. The van der Waals surface area contributed by atoms with Gasteiger partial charge in [-0.2, -0.15) is 4.31 Å². The molecule has 1 aliphatic heterocycles. The number of sulfonamides is 1. The van der Waals surface area contributed by atoms with E-state index in [4.69, 9.17) is 0 Å². The Morgan fingerprint density at radius 2 is 1.68 bits per heavy atom. The van der Waals surface area contributed by atoms with Crippen molar-refractivity contribution in [3.8, 4) is 0 Å². The molecule has 0 bridgehead atoms. The van der Waals surface area contributed by atoms with E-state index in [1.165, 1.54) is 23.4 Å². The van der Waals surface area contributed by atoms with Gasteiger partial charge in [0.05, 0.1) is 10.9 Å². The van der Waals surface area contributed by atoms with Crippen molar-refractivity contribution < 1.29 is 18.0 Å². The van der Waals surface area contributed by atoms with Crippen LogP contribution in [-0.4, -0.2) is 61.5 Å². The van der Waals surface area contributed by atoms with Crippen LogP contribution in [0.2, 0.25) is 0 Å². The number of nitrogens with zero attached hydrogens (tertiary/aromatic N) is 2. The van der Waals surface area contributed by atoms with Gasteiger partial charge in [0.1, 0.15) is 0 Å². The first-order valence-electron chi connectivity index (χ1n) is 10.3. The Labute approximate surface area is 184 Å². The molecule has 3 rings (SSSR count). The predicted molar refractivity (Wildman–Crippen MR) is 121 cm³/mol. The lowest BCUT2D eigenvalue weighted by Crippen LogP contribution is -2.53. The lowest BCUT2D eigenvalue weighted by Gasteiger charge is -2.36. The van der Waals surface area contributed by atoms with Gasteiger partial charge in [0.2, 0.25) is 15.9 Å². The molecule has 0 saturated carbocycles. The number of benzene rings is 2. The van der Waals surface area contributed by atoms with Gasteiger partial charge in [0, 0.05) is 37.4 Å². The van der Waals surface area contributed by atoms with E-state index in [0.29, 0.717) is 18.7 Å². The van der Waals surface area contributed by atoms with Gasteiger partial charge >= 0.3 is 0 Å². The second kappa shape index (κ2) is 9.30. The summed E-state index contributed by atoms with van der Waals surface area (Å²) in [7, 11) is -3.69. The van der Waals surface area contributed by atoms with E-state index in [9.17, 15) is 18.0 Å². The van der Waals surface area contributed by atoms with Gasteiger partial charge in [-0.15, -0.1) is 0 Å². The summed E-state index contributed by atoms with van der Waals surface area (Å²) in [6.45, 7) is 8.65. The Kier molecular flexibility index (Phi) is 6.93. The molecule has 1 atom stereocenters. The molecule has 1 aliphatic rings. The second-order valence-electron chi connectivity index (χ2n) is 8.01. The number of hydrogen-bond acceptors (Lipinski definition) is 5. The summed E-state index contributed by atoms with van der Waals surface area (Å²) in [6, 6.07) is 11.7. The fourth-order valence-electron chi connectivity index (χ4n) is 3.63. The van der Waals surface area contributed by atoms with E-state index in [0.717, 1.165) is 16.8 Å². The first kappa shape index (κ1) is 23.1. The summed E-state index contributed by atoms with van der Waals surface area (Å²) < 4.78 is 27.4. The Morgan fingerprint density at radius 3 is 2.32 bits per heavy atom. The van der Waals surface area contributed by atoms with Crippen molar-refractivity contribution in [2.24, 2.45) is 0 Å². The van der Waals surface area contributed by atoms with Crippen LogP contribution >= 0.6 is 0 Å². The van der Waals surface area contributed by atoms with Gasteiger partial charge < -0.3 is 5.32 Å². The number of Topliss-reactive ketones (excluding diaryl/α,β-unsaturated/α-hetero) is 1. The highest BCUT2D eigenvalue weighted by Crippen LogP contribution is 2.21. The van der Waals surface area contributed by atoms with Crippen molar-refractivity contribution >= 4 is 27.4 Å². The molecule has 2 aromatic carbocycles. The minimum absolute atomic E-state index is 0.112. The molecule has 1 fully saturated rings. The van der Waals surface area contributed by atoms with E-state index in [-0.39, 0.29) is 35.7 Å². The summed E-state index contributed by atoms with van der Waals surface area (Å²) in [5.41, 5.74) is 3.23. The number of piperazine rings is 1. The largest absolute Gasteiger partial charge is 0.324 e. The normalized spacial score (nSPS) is 16.6. The van der Waals surface area contributed by atoms with Gasteiger partial charge in [-0.05, 0) is 57.0 Å². The van der Waals surface area contributed by atoms with E-state index in [1.54, 1.807) is 12.1 Å². The van der Waals surface area contributed by atoms with E-state index < -0.39 is 10.0 Å². The van der Waals surface area contributed by atoms with E-state index in [1.807, 2.05) is 43.9 Å². The molecule has 8 heteroatoms. The van der Waals surface area contributed by atoms with Crippen molar-refractivity contribution in [2.45, 2.75) is 38.6 Å². The highest BCUT2D eigenvalue weighted by atomic mass is 32.2. The maximum Gasteiger partial charge on any atom is 0.243 e. The van der Waals surface area contributed by atoms with Crippen molar-refractivity contribution in [1.82, 2.24) is 9.21 Å². The summed E-state index contributed by atoms with van der Waals surface area (Å²) in [4.78, 5) is 26.5. The van der Waals surface area contributed by atoms with Crippen LogP contribution in [0.1, 0.15) is 35.3 Å². The van der Waals surface area contributed by atoms with Gasteiger partial charge in [0.15, 0.2) is 5.78 Å². The number of carbonyl (C=O) groups excluding carboxylic acids is 2. The minimum Gasteiger partial charge on any atom is -0.324 e. The standard InChI is InChI=1S/C23H29N3O4S/c1-16-8-9-17(2)22(14-16)24-23(28)18(3)25-10-12-26(13-11-25)31(29,30)21-7-5-6-20(15-21)19(4)27/h5-9,14-15,18H,10-13H2,1-4H3,(H,24,28)/t18-/m1/s1. The summed E-state index contributed by atoms with van der Waals surface area (Å²) >= 11 is 0. The van der Waals surface area contributed by atoms with Gasteiger partial charge in [0.25, 0.3) is 0 Å². The SMILES string of the molecule is CC(=O)c1cccc(S(=O)(=O)N2CCN([C@H](C)C(=O)Nc3cc(C)ccc3C)CC2)c1. The van der Waals surface area contributed by atoms with Crippen LogP contribution in [0.4, 0.5) is 5.69 Å². The molecule has 0 radical (unpaired) electrons. The quantitative estimate of drug-likeness (QED) is 0.694. The molecule has 166 valence electrons. The molecular formula is C23H29N3O4S. The molecule has 1 saturated heterocycles. The molecule has 2 aromatic rings. The zero-order chi connectivity index (χ0) is 22.8. The number of rotatable bonds is 6. The van der Waals surface area contributed by atoms with Crippen molar-refractivity contribution in [3.63, 3.8) is 0 Å². The zero-order valence-electron chi connectivity index (χ0n) is 18.4. The third-order valence-corrected chi connectivity index (χ3v) is 7.62. The molecule has 7 nitrogen and oxygen atoms in total. The molecule has 31 heavy (non-hydrogen) atoms. The van der Waals surface area contributed by atoms with E-state index in [2.05, 4.69) is 5.32 Å². The number of hydrogen-bond donors (Lipinski definition) is 1. The maximum atomic E-state index is 13.0. The molecule has 1 heterocycles. The van der Waals surface area contributed by atoms with Crippen LogP contribution < -0.4 is 5.32 Å². The number of nitrogens with one attached hydrogen (secondary N) is 1. The highest BCUT2D eigenvalue weighted by Gasteiger charge is 2.32. The first-order valence-corrected chi connectivity index (χ1v) is 11.8. The van der Waals surface area contributed by atoms with Crippen LogP contribution in [0.3, 0.4) is 0 Å². The molecule has 0 aliphatic carbocycles. The number of aryl methyl sites for hydroxylation is 2. The second-order valence-corrected chi connectivity index (χ2v) is 9.95. The predicted octanol–water partition coefficient (Wildman–Crippen LogP) is 2.84. The van der Waals surface area contributed by atoms with E-state index >= 15 is 0 Å². The smallest absolute Gasteiger partial charge is 0.243 e. The highest BCUT2D eigenvalue weighted by molar-refractivity contribution is 7.89. The van der Waals surface area contributed by atoms with Crippen LogP contribution in [0.5, 0.6) is 0 Å². The van der Waals surface area contributed by atoms with Gasteiger partial charge in [-0.1, -0.05) is 24.3 Å². The average Bonchev–Trinajstić information content (AvgIpc) is 2.75. The number of ketones is 1. The summed E-state index contributed by atoms with van der Waals surface area (Å²) in [5.74, 6) is -0.287. The number of carbonyl (C=O) groups is 2. The Morgan fingerprint density at radius 1 is 1.00 bits per heavy atom. The van der Waals surface area contributed by atoms with Crippen molar-refractivity contribution in [1.29, 1.82) is 0 Å².